The second kappa shape index (κ2) is 4.04. The Morgan fingerprint density at radius 3 is 3.00 bits per heavy atom. The van der Waals surface area contributed by atoms with Crippen LogP contribution in [0.4, 0.5) is 0 Å². The molecule has 1 aromatic carbocycles. The van der Waals surface area contributed by atoms with Crippen molar-refractivity contribution in [3.05, 3.63) is 34.4 Å². The van der Waals surface area contributed by atoms with E-state index in [4.69, 9.17) is 0 Å². The first-order valence-electron chi connectivity index (χ1n) is 4.32. The Morgan fingerprint density at radius 1 is 1.47 bits per heavy atom. The number of nitrogens with one attached hydrogen (secondary N) is 2. The summed E-state index contributed by atoms with van der Waals surface area (Å²) in [5, 5.41) is 0.986. The van der Waals surface area contributed by atoms with E-state index >= 15 is 0 Å². The third kappa shape index (κ3) is 2.03. The molecule has 4 nitrogen and oxygen atoms in total. The Bertz CT molecular complexity index is 507. The summed E-state index contributed by atoms with van der Waals surface area (Å²) in [6, 6.07) is 7.54. The van der Waals surface area contributed by atoms with E-state index in [-0.39, 0.29) is 5.91 Å². The molecule has 0 fully saturated rings. The number of carbonyl (C=O) groups is 1. The molecule has 0 aliphatic heterocycles. The zero-order chi connectivity index (χ0) is 10.8. The summed E-state index contributed by atoms with van der Waals surface area (Å²) >= 11 is 3.36. The minimum Gasteiger partial charge on any atom is -0.350 e. The van der Waals surface area contributed by atoms with Crippen molar-refractivity contribution in [2.24, 2.45) is 0 Å². The van der Waals surface area contributed by atoms with Crippen molar-refractivity contribution in [3.8, 4) is 0 Å². The van der Waals surface area contributed by atoms with Crippen LogP contribution in [0.3, 0.4) is 0 Å². The molecule has 1 aromatic heterocycles. The second-order valence-electron chi connectivity index (χ2n) is 3.05. The highest BCUT2D eigenvalue weighted by molar-refractivity contribution is 9.10. The maximum atomic E-state index is 11.4. The molecular formula is C10H9BrN2O2. The Kier molecular flexibility index (Phi) is 2.75. The standard InChI is InChI=1S/C10H9BrN2O2/c1-15-13-10(14)9-4-6-2-3-7(11)5-8(6)12-9/h2-5,12H,1H3,(H,13,14). The fourth-order valence-electron chi connectivity index (χ4n) is 1.37. The molecule has 0 aliphatic rings. The van der Waals surface area contributed by atoms with Gasteiger partial charge in [0.05, 0.1) is 7.11 Å². The topological polar surface area (TPSA) is 54.1 Å². The molecule has 2 rings (SSSR count). The third-order valence-corrected chi connectivity index (χ3v) is 2.52. The minimum atomic E-state index is -0.287. The number of amides is 1. The number of hydrogen-bond donors (Lipinski definition) is 2. The van der Waals surface area contributed by atoms with E-state index in [1.165, 1.54) is 7.11 Å². The molecule has 0 saturated heterocycles. The van der Waals surface area contributed by atoms with Gasteiger partial charge < -0.3 is 4.98 Å². The summed E-state index contributed by atoms with van der Waals surface area (Å²) in [6.07, 6.45) is 0. The average Bonchev–Trinajstić information content (AvgIpc) is 2.60. The van der Waals surface area contributed by atoms with Gasteiger partial charge in [0.2, 0.25) is 0 Å². The van der Waals surface area contributed by atoms with Gasteiger partial charge in [-0.25, -0.2) is 5.48 Å². The van der Waals surface area contributed by atoms with Gasteiger partial charge in [-0.1, -0.05) is 22.0 Å². The predicted octanol–water partition coefficient (Wildman–Crippen LogP) is 2.22. The molecule has 1 amide bonds. The lowest BCUT2D eigenvalue weighted by atomic mass is 10.2. The Balaban J connectivity index is 2.42. The zero-order valence-corrected chi connectivity index (χ0v) is 9.59. The predicted molar refractivity (Wildman–Crippen MR) is 60.5 cm³/mol. The molecule has 0 bridgehead atoms. The van der Waals surface area contributed by atoms with Gasteiger partial charge in [-0.05, 0) is 18.2 Å². The summed E-state index contributed by atoms with van der Waals surface area (Å²) in [5.74, 6) is -0.287. The molecule has 0 atom stereocenters. The first-order valence-corrected chi connectivity index (χ1v) is 5.11. The van der Waals surface area contributed by atoms with Gasteiger partial charge in [-0.2, -0.15) is 0 Å². The van der Waals surface area contributed by atoms with E-state index in [0.29, 0.717) is 5.69 Å². The van der Waals surface area contributed by atoms with Crippen LogP contribution in [0.2, 0.25) is 0 Å². The first kappa shape index (κ1) is 10.2. The maximum absolute atomic E-state index is 11.4. The fourth-order valence-corrected chi connectivity index (χ4v) is 1.73. The highest BCUT2D eigenvalue weighted by Crippen LogP contribution is 2.20. The van der Waals surface area contributed by atoms with Crippen molar-refractivity contribution >= 4 is 32.7 Å². The van der Waals surface area contributed by atoms with Crippen molar-refractivity contribution < 1.29 is 9.63 Å². The fraction of sp³-hybridized carbons (Fsp3) is 0.100. The summed E-state index contributed by atoms with van der Waals surface area (Å²) in [6.45, 7) is 0. The van der Waals surface area contributed by atoms with E-state index in [0.717, 1.165) is 15.4 Å². The molecule has 2 aromatic rings. The van der Waals surface area contributed by atoms with Gasteiger partial charge in [0.1, 0.15) is 5.69 Å². The van der Waals surface area contributed by atoms with Crippen molar-refractivity contribution in [1.29, 1.82) is 0 Å². The Morgan fingerprint density at radius 2 is 2.27 bits per heavy atom. The third-order valence-electron chi connectivity index (χ3n) is 2.02. The lowest BCUT2D eigenvalue weighted by Gasteiger charge is -1.97. The molecular weight excluding hydrogens is 260 g/mol. The van der Waals surface area contributed by atoms with Crippen molar-refractivity contribution in [1.82, 2.24) is 10.5 Å². The minimum absolute atomic E-state index is 0.287. The van der Waals surface area contributed by atoms with E-state index in [9.17, 15) is 4.79 Å². The molecule has 0 radical (unpaired) electrons. The number of benzene rings is 1. The van der Waals surface area contributed by atoms with Crippen LogP contribution < -0.4 is 5.48 Å². The molecule has 0 saturated carbocycles. The number of halogens is 1. The number of fused-ring (bicyclic) bond motifs is 1. The molecule has 5 heteroatoms. The highest BCUT2D eigenvalue weighted by atomic mass is 79.9. The molecule has 0 unspecified atom stereocenters. The number of H-pyrrole nitrogens is 1. The molecule has 15 heavy (non-hydrogen) atoms. The molecule has 0 spiro atoms. The largest absolute Gasteiger partial charge is 0.350 e. The first-order chi connectivity index (χ1) is 7.20. The van der Waals surface area contributed by atoms with Crippen LogP contribution in [-0.2, 0) is 4.84 Å². The monoisotopic (exact) mass is 268 g/mol. The lowest BCUT2D eigenvalue weighted by Crippen LogP contribution is -2.21. The van der Waals surface area contributed by atoms with Gasteiger partial charge >= 0.3 is 0 Å². The van der Waals surface area contributed by atoms with Crippen LogP contribution in [0.25, 0.3) is 10.9 Å². The van der Waals surface area contributed by atoms with Gasteiger partial charge in [0.25, 0.3) is 5.91 Å². The zero-order valence-electron chi connectivity index (χ0n) is 8.00. The van der Waals surface area contributed by atoms with Gasteiger partial charge in [0.15, 0.2) is 0 Å². The van der Waals surface area contributed by atoms with E-state index in [2.05, 4.69) is 31.2 Å². The second-order valence-corrected chi connectivity index (χ2v) is 3.97. The number of hydrogen-bond acceptors (Lipinski definition) is 2. The van der Waals surface area contributed by atoms with Crippen LogP contribution in [-0.4, -0.2) is 18.0 Å². The van der Waals surface area contributed by atoms with Gasteiger partial charge in [-0.15, -0.1) is 0 Å². The van der Waals surface area contributed by atoms with E-state index in [1.807, 2.05) is 18.2 Å². The van der Waals surface area contributed by atoms with E-state index < -0.39 is 0 Å². The van der Waals surface area contributed by atoms with E-state index in [1.54, 1.807) is 6.07 Å². The number of rotatable bonds is 2. The maximum Gasteiger partial charge on any atom is 0.291 e. The average molecular weight is 269 g/mol. The summed E-state index contributed by atoms with van der Waals surface area (Å²) < 4.78 is 0.968. The molecule has 78 valence electrons. The Hall–Kier alpha value is -1.33. The Labute approximate surface area is 94.7 Å². The SMILES string of the molecule is CONC(=O)c1cc2ccc(Br)cc2[nH]1. The van der Waals surface area contributed by atoms with Gasteiger partial charge in [-0.3, -0.25) is 9.63 Å². The number of hydroxylamine groups is 1. The number of carbonyl (C=O) groups excluding carboxylic acids is 1. The summed E-state index contributed by atoms with van der Waals surface area (Å²) in [5.41, 5.74) is 3.64. The van der Waals surface area contributed by atoms with Crippen molar-refractivity contribution in [3.63, 3.8) is 0 Å². The molecule has 1 heterocycles. The molecule has 2 N–H and O–H groups in total. The lowest BCUT2D eigenvalue weighted by molar-refractivity contribution is 0.0533. The van der Waals surface area contributed by atoms with Crippen LogP contribution in [0.5, 0.6) is 0 Å². The van der Waals surface area contributed by atoms with Crippen LogP contribution in [0, 0.1) is 0 Å². The molecule has 0 aliphatic carbocycles. The normalized spacial score (nSPS) is 10.5. The van der Waals surface area contributed by atoms with Crippen LogP contribution in [0.1, 0.15) is 10.5 Å². The van der Waals surface area contributed by atoms with Crippen molar-refractivity contribution in [2.45, 2.75) is 0 Å². The van der Waals surface area contributed by atoms with Crippen LogP contribution in [0.15, 0.2) is 28.7 Å². The summed E-state index contributed by atoms with van der Waals surface area (Å²) in [4.78, 5) is 19.0. The quantitative estimate of drug-likeness (QED) is 0.821. The summed E-state index contributed by atoms with van der Waals surface area (Å²) in [7, 11) is 1.40. The number of aromatic amines is 1. The smallest absolute Gasteiger partial charge is 0.291 e. The van der Waals surface area contributed by atoms with Crippen molar-refractivity contribution in [2.75, 3.05) is 7.11 Å². The van der Waals surface area contributed by atoms with Crippen LogP contribution >= 0.6 is 15.9 Å². The van der Waals surface area contributed by atoms with Gasteiger partial charge in [0, 0.05) is 15.4 Å². The number of aromatic nitrogens is 1. The highest BCUT2D eigenvalue weighted by Gasteiger charge is 2.08.